The number of amides is 2. The minimum Gasteiger partial charge on any atom is -0.494 e. The van der Waals surface area contributed by atoms with Gasteiger partial charge in [0.2, 0.25) is 11.8 Å². The van der Waals surface area contributed by atoms with Crippen LogP contribution in [0.1, 0.15) is 25.8 Å². The number of carbonyl (C=O) groups is 2. The van der Waals surface area contributed by atoms with E-state index in [1.54, 1.807) is 30.3 Å². The van der Waals surface area contributed by atoms with Gasteiger partial charge in [0.15, 0.2) is 0 Å². The van der Waals surface area contributed by atoms with Crippen LogP contribution in [0.15, 0.2) is 52.0 Å². The lowest BCUT2D eigenvalue weighted by Gasteiger charge is -2.07. The number of halogens is 1. The molecular weight excluding hydrogens is 426 g/mol. The topological polar surface area (TPSA) is 89.0 Å². The monoisotopic (exact) mass is 447 g/mol. The van der Waals surface area contributed by atoms with E-state index in [9.17, 15) is 9.59 Å². The van der Waals surface area contributed by atoms with Crippen LogP contribution in [0.25, 0.3) is 0 Å². The van der Waals surface area contributed by atoms with E-state index in [0.717, 1.165) is 4.47 Å². The SMILES string of the molecule is CCOc1ccc(NC(=O)CC(=O)NN=Cc2cc(Br)ccc2OCC)cc1. The predicted molar refractivity (Wildman–Crippen MR) is 112 cm³/mol. The van der Waals surface area contributed by atoms with Crippen molar-refractivity contribution >= 4 is 39.6 Å². The number of hydrazone groups is 1. The summed E-state index contributed by atoms with van der Waals surface area (Å²) >= 11 is 3.38. The van der Waals surface area contributed by atoms with Crippen molar-refractivity contribution in [2.24, 2.45) is 5.10 Å². The van der Waals surface area contributed by atoms with Gasteiger partial charge in [0.1, 0.15) is 17.9 Å². The molecule has 2 N–H and O–H groups in total. The van der Waals surface area contributed by atoms with E-state index in [4.69, 9.17) is 9.47 Å². The largest absolute Gasteiger partial charge is 0.494 e. The maximum absolute atomic E-state index is 12.0. The smallest absolute Gasteiger partial charge is 0.249 e. The third kappa shape index (κ3) is 7.03. The number of ether oxygens (including phenoxy) is 2. The summed E-state index contributed by atoms with van der Waals surface area (Å²) in [6.07, 6.45) is 1.12. The van der Waals surface area contributed by atoms with Crippen molar-refractivity contribution in [3.8, 4) is 11.5 Å². The van der Waals surface area contributed by atoms with Crippen LogP contribution in [0, 0.1) is 0 Å². The number of rotatable bonds is 9. The molecule has 0 fully saturated rings. The molecule has 2 rings (SSSR count). The van der Waals surface area contributed by atoms with Crippen molar-refractivity contribution in [2.45, 2.75) is 20.3 Å². The Morgan fingerprint density at radius 2 is 1.75 bits per heavy atom. The Morgan fingerprint density at radius 3 is 2.43 bits per heavy atom. The van der Waals surface area contributed by atoms with Crippen LogP contribution in [-0.4, -0.2) is 31.2 Å². The fraction of sp³-hybridized carbons (Fsp3) is 0.250. The molecule has 0 aromatic heterocycles. The molecule has 8 heteroatoms. The van der Waals surface area contributed by atoms with E-state index in [-0.39, 0.29) is 6.42 Å². The van der Waals surface area contributed by atoms with Crippen molar-refractivity contribution in [2.75, 3.05) is 18.5 Å². The number of carbonyl (C=O) groups excluding carboxylic acids is 2. The van der Waals surface area contributed by atoms with Gasteiger partial charge in [0.25, 0.3) is 0 Å². The summed E-state index contributed by atoms with van der Waals surface area (Å²) in [5, 5.41) is 6.55. The number of benzene rings is 2. The summed E-state index contributed by atoms with van der Waals surface area (Å²) in [5.41, 5.74) is 3.63. The second-order valence-electron chi connectivity index (χ2n) is 5.59. The molecule has 2 aromatic carbocycles. The van der Waals surface area contributed by atoms with Crippen molar-refractivity contribution in [1.29, 1.82) is 0 Å². The third-order valence-electron chi connectivity index (χ3n) is 3.43. The van der Waals surface area contributed by atoms with Crippen LogP contribution in [0.5, 0.6) is 11.5 Å². The molecular formula is C20H22BrN3O4. The molecule has 0 aliphatic heterocycles. The van der Waals surface area contributed by atoms with Gasteiger partial charge in [-0.15, -0.1) is 0 Å². The Morgan fingerprint density at radius 1 is 1.04 bits per heavy atom. The van der Waals surface area contributed by atoms with E-state index in [1.807, 2.05) is 26.0 Å². The zero-order valence-electron chi connectivity index (χ0n) is 15.7. The van der Waals surface area contributed by atoms with E-state index < -0.39 is 11.8 Å². The lowest BCUT2D eigenvalue weighted by atomic mass is 10.2. The fourth-order valence-corrected chi connectivity index (χ4v) is 2.65. The van der Waals surface area contributed by atoms with E-state index in [0.29, 0.717) is 36.0 Å². The molecule has 148 valence electrons. The second-order valence-corrected chi connectivity index (χ2v) is 6.51. The van der Waals surface area contributed by atoms with Crippen LogP contribution >= 0.6 is 15.9 Å². The Balaban J connectivity index is 1.85. The molecule has 7 nitrogen and oxygen atoms in total. The molecule has 28 heavy (non-hydrogen) atoms. The van der Waals surface area contributed by atoms with Crippen LogP contribution in [0.3, 0.4) is 0 Å². The van der Waals surface area contributed by atoms with Gasteiger partial charge < -0.3 is 14.8 Å². The average Bonchev–Trinajstić information content (AvgIpc) is 2.65. The number of anilines is 1. The molecule has 0 spiro atoms. The van der Waals surface area contributed by atoms with E-state index in [1.165, 1.54) is 6.21 Å². The third-order valence-corrected chi connectivity index (χ3v) is 3.93. The number of hydrogen-bond donors (Lipinski definition) is 2. The van der Waals surface area contributed by atoms with Gasteiger partial charge in [-0.25, -0.2) is 5.43 Å². The molecule has 2 amide bonds. The molecule has 0 saturated carbocycles. The number of nitrogens with zero attached hydrogens (tertiary/aromatic N) is 1. The molecule has 0 radical (unpaired) electrons. The zero-order chi connectivity index (χ0) is 20.4. The minimum absolute atomic E-state index is 0.346. The van der Waals surface area contributed by atoms with Gasteiger partial charge >= 0.3 is 0 Å². The zero-order valence-corrected chi connectivity index (χ0v) is 17.3. The van der Waals surface area contributed by atoms with Crippen LogP contribution in [0.4, 0.5) is 5.69 Å². The maximum atomic E-state index is 12.0. The first kappa shape index (κ1) is 21.4. The summed E-state index contributed by atoms with van der Waals surface area (Å²) in [5.74, 6) is 0.408. The van der Waals surface area contributed by atoms with E-state index >= 15 is 0 Å². The highest BCUT2D eigenvalue weighted by molar-refractivity contribution is 9.10. The van der Waals surface area contributed by atoms with Crippen molar-refractivity contribution in [3.63, 3.8) is 0 Å². The molecule has 2 aromatic rings. The standard InChI is InChI=1S/C20H22BrN3O4/c1-3-27-17-8-6-16(7-9-17)23-19(25)12-20(26)24-22-13-14-11-15(21)5-10-18(14)28-4-2/h5-11,13H,3-4,12H2,1-2H3,(H,23,25)(H,24,26). The fourth-order valence-electron chi connectivity index (χ4n) is 2.27. The van der Waals surface area contributed by atoms with Gasteiger partial charge in [-0.2, -0.15) is 5.10 Å². The minimum atomic E-state index is -0.521. The average molecular weight is 448 g/mol. The Kier molecular flexibility index (Phi) is 8.48. The van der Waals surface area contributed by atoms with Crippen LogP contribution in [-0.2, 0) is 9.59 Å². The summed E-state index contributed by atoms with van der Waals surface area (Å²) in [6, 6.07) is 12.4. The van der Waals surface area contributed by atoms with E-state index in [2.05, 4.69) is 31.8 Å². The highest BCUT2D eigenvalue weighted by Gasteiger charge is 2.09. The van der Waals surface area contributed by atoms with Crippen LogP contribution < -0.4 is 20.2 Å². The highest BCUT2D eigenvalue weighted by Crippen LogP contribution is 2.21. The maximum Gasteiger partial charge on any atom is 0.249 e. The second kappa shape index (κ2) is 11.1. The molecule has 0 atom stereocenters. The van der Waals surface area contributed by atoms with Gasteiger partial charge in [-0.3, -0.25) is 9.59 Å². The lowest BCUT2D eigenvalue weighted by Crippen LogP contribution is -2.24. The Labute approximate surface area is 172 Å². The summed E-state index contributed by atoms with van der Waals surface area (Å²) in [7, 11) is 0. The normalized spacial score (nSPS) is 10.5. The molecule has 0 unspecified atom stereocenters. The van der Waals surface area contributed by atoms with Gasteiger partial charge in [-0.05, 0) is 56.3 Å². The first-order valence-corrected chi connectivity index (χ1v) is 9.58. The first-order chi connectivity index (χ1) is 13.5. The van der Waals surface area contributed by atoms with Gasteiger partial charge in [0, 0.05) is 15.7 Å². The molecule has 0 saturated heterocycles. The van der Waals surface area contributed by atoms with Crippen molar-refractivity contribution < 1.29 is 19.1 Å². The van der Waals surface area contributed by atoms with Crippen molar-refractivity contribution in [3.05, 3.63) is 52.5 Å². The predicted octanol–water partition coefficient (Wildman–Crippen LogP) is 3.73. The number of hydrogen-bond acceptors (Lipinski definition) is 5. The summed E-state index contributed by atoms with van der Waals surface area (Å²) in [6.45, 7) is 4.86. The summed E-state index contributed by atoms with van der Waals surface area (Å²) in [4.78, 5) is 23.9. The lowest BCUT2D eigenvalue weighted by molar-refractivity contribution is -0.126. The molecule has 0 aliphatic rings. The Hall–Kier alpha value is -2.87. The summed E-state index contributed by atoms with van der Waals surface area (Å²) < 4.78 is 11.7. The highest BCUT2D eigenvalue weighted by atomic mass is 79.9. The quantitative estimate of drug-likeness (QED) is 0.348. The van der Waals surface area contributed by atoms with Gasteiger partial charge in [0.05, 0.1) is 19.4 Å². The van der Waals surface area contributed by atoms with Crippen molar-refractivity contribution in [1.82, 2.24) is 5.43 Å². The van der Waals surface area contributed by atoms with Gasteiger partial charge in [-0.1, -0.05) is 15.9 Å². The first-order valence-electron chi connectivity index (χ1n) is 8.78. The molecule has 0 heterocycles. The Bertz CT molecular complexity index is 838. The van der Waals surface area contributed by atoms with Crippen LogP contribution in [0.2, 0.25) is 0 Å². The molecule has 0 aliphatic carbocycles. The molecule has 0 bridgehead atoms. The number of nitrogens with one attached hydrogen (secondary N) is 2.